The fourth-order valence-corrected chi connectivity index (χ4v) is 6.03. The zero-order chi connectivity index (χ0) is 23.3. The maximum absolute atomic E-state index is 12.8. The van der Waals surface area contributed by atoms with Crippen molar-refractivity contribution in [2.45, 2.75) is 28.8 Å². The first kappa shape index (κ1) is 23.3. The number of rotatable bonds is 7. The Bertz CT molecular complexity index is 1170. The number of fused-ring (bicyclic) bond motifs is 2. The zero-order valence-electron chi connectivity index (χ0n) is 19.3. The van der Waals surface area contributed by atoms with Crippen molar-refractivity contribution >= 4 is 46.2 Å². The van der Waals surface area contributed by atoms with E-state index in [2.05, 4.69) is 26.6 Å². The van der Waals surface area contributed by atoms with Crippen molar-refractivity contribution in [1.29, 1.82) is 0 Å². The number of nitrogens with one attached hydrogen (secondary N) is 2. The van der Waals surface area contributed by atoms with E-state index in [4.69, 9.17) is 9.72 Å². The molecule has 1 aromatic heterocycles. The highest BCUT2D eigenvalue weighted by molar-refractivity contribution is 7.99. The third kappa shape index (κ3) is 5.59. The number of hydrogen-bond acceptors (Lipinski definition) is 8. The maximum atomic E-state index is 12.8. The van der Waals surface area contributed by atoms with E-state index in [9.17, 15) is 4.79 Å². The molecule has 3 aromatic rings. The van der Waals surface area contributed by atoms with Gasteiger partial charge in [0.1, 0.15) is 10.8 Å². The summed E-state index contributed by atoms with van der Waals surface area (Å²) in [5.41, 5.74) is 3.54. The Kier molecular flexibility index (Phi) is 7.42. The largest absolute Gasteiger partial charge is 0.497 e. The van der Waals surface area contributed by atoms with Gasteiger partial charge in [0, 0.05) is 65.9 Å². The lowest BCUT2D eigenvalue weighted by molar-refractivity contribution is 0.0913. The van der Waals surface area contributed by atoms with E-state index in [0.717, 1.165) is 83.6 Å². The van der Waals surface area contributed by atoms with Crippen LogP contribution in [0, 0.1) is 0 Å². The van der Waals surface area contributed by atoms with Crippen LogP contribution in [0.5, 0.6) is 5.75 Å². The van der Waals surface area contributed by atoms with Gasteiger partial charge in [0.2, 0.25) is 0 Å². The SMILES string of the molecule is COc1ccc2ncc(SCCN3CCC(NC(=O)c4ccc5c(c4)NCCS5)CC3)nc2c1. The number of likely N-dealkylation sites (tertiary alicyclic amines) is 1. The molecule has 1 saturated heterocycles. The maximum Gasteiger partial charge on any atom is 0.251 e. The average molecular weight is 496 g/mol. The predicted octanol–water partition coefficient (Wildman–Crippen LogP) is 4.14. The average Bonchev–Trinajstić information content (AvgIpc) is 2.89. The van der Waals surface area contributed by atoms with Crippen molar-refractivity contribution in [3.05, 3.63) is 48.2 Å². The fourth-order valence-electron chi connectivity index (χ4n) is 4.30. The van der Waals surface area contributed by atoms with Crippen LogP contribution in [0.25, 0.3) is 11.0 Å². The van der Waals surface area contributed by atoms with Crippen LogP contribution >= 0.6 is 23.5 Å². The van der Waals surface area contributed by atoms with Crippen LogP contribution in [0.4, 0.5) is 5.69 Å². The van der Waals surface area contributed by atoms with E-state index >= 15 is 0 Å². The lowest BCUT2D eigenvalue weighted by Gasteiger charge is -2.32. The van der Waals surface area contributed by atoms with Crippen molar-refractivity contribution in [3.63, 3.8) is 0 Å². The van der Waals surface area contributed by atoms with Crippen molar-refractivity contribution < 1.29 is 9.53 Å². The minimum absolute atomic E-state index is 0.0284. The van der Waals surface area contributed by atoms with Crippen LogP contribution in [0.3, 0.4) is 0 Å². The number of hydrogen-bond donors (Lipinski definition) is 2. The molecule has 0 unspecified atom stereocenters. The number of benzene rings is 2. The van der Waals surface area contributed by atoms with Crippen molar-refractivity contribution in [3.8, 4) is 5.75 Å². The topological polar surface area (TPSA) is 79.4 Å². The van der Waals surface area contributed by atoms with Crippen molar-refractivity contribution in [2.24, 2.45) is 0 Å². The van der Waals surface area contributed by atoms with Gasteiger partial charge in [-0.15, -0.1) is 23.5 Å². The quantitative estimate of drug-likeness (QED) is 0.474. The highest BCUT2D eigenvalue weighted by Crippen LogP contribution is 2.31. The molecule has 178 valence electrons. The van der Waals surface area contributed by atoms with Gasteiger partial charge in [0.05, 0.1) is 24.3 Å². The highest BCUT2D eigenvalue weighted by Gasteiger charge is 2.22. The molecular weight excluding hydrogens is 466 g/mol. The molecule has 9 heteroatoms. The van der Waals surface area contributed by atoms with Crippen LogP contribution in [-0.2, 0) is 0 Å². The van der Waals surface area contributed by atoms with Gasteiger partial charge in [-0.1, -0.05) is 0 Å². The monoisotopic (exact) mass is 495 g/mol. The molecule has 2 N–H and O–H groups in total. The Morgan fingerprint density at radius 3 is 2.97 bits per heavy atom. The number of anilines is 1. The Morgan fingerprint density at radius 1 is 1.24 bits per heavy atom. The number of ether oxygens (including phenoxy) is 1. The number of thioether (sulfide) groups is 2. The second-order valence-electron chi connectivity index (χ2n) is 8.49. The standard InChI is InChI=1S/C25H29N5O2S2/c1-32-19-3-4-20-21(15-19)29-24(16-27-20)34-13-11-30-9-6-18(7-10-30)28-25(31)17-2-5-23-22(14-17)26-8-12-33-23/h2-5,14-16,18,26H,6-13H2,1H3,(H,28,31). The minimum Gasteiger partial charge on any atom is -0.497 e. The van der Waals surface area contributed by atoms with Gasteiger partial charge in [-0.25, -0.2) is 4.98 Å². The summed E-state index contributed by atoms with van der Waals surface area (Å²) >= 11 is 3.57. The number of piperidine rings is 1. The molecule has 34 heavy (non-hydrogen) atoms. The third-order valence-corrected chi connectivity index (χ3v) is 8.18. The molecule has 0 radical (unpaired) electrons. The summed E-state index contributed by atoms with van der Waals surface area (Å²) in [5.74, 6) is 2.85. The summed E-state index contributed by atoms with van der Waals surface area (Å²) in [7, 11) is 1.66. The molecule has 1 amide bonds. The summed E-state index contributed by atoms with van der Waals surface area (Å²) in [6, 6.07) is 12.0. The van der Waals surface area contributed by atoms with Gasteiger partial charge in [-0.05, 0) is 43.2 Å². The Balaban J connectivity index is 1.07. The summed E-state index contributed by atoms with van der Waals surface area (Å²) in [4.78, 5) is 25.7. The summed E-state index contributed by atoms with van der Waals surface area (Å²) in [6.45, 7) is 3.93. The van der Waals surface area contributed by atoms with Crippen LogP contribution in [-0.4, -0.2) is 71.6 Å². The fraction of sp³-hybridized carbons (Fsp3) is 0.400. The molecule has 0 saturated carbocycles. The van der Waals surface area contributed by atoms with Gasteiger partial charge in [0.25, 0.3) is 5.91 Å². The summed E-state index contributed by atoms with van der Waals surface area (Å²) < 4.78 is 5.29. The second-order valence-corrected chi connectivity index (χ2v) is 10.7. The van der Waals surface area contributed by atoms with Gasteiger partial charge in [-0.2, -0.15) is 0 Å². The van der Waals surface area contributed by atoms with E-state index in [1.165, 1.54) is 4.90 Å². The first-order valence-corrected chi connectivity index (χ1v) is 13.6. The summed E-state index contributed by atoms with van der Waals surface area (Å²) in [6.07, 6.45) is 3.80. The van der Waals surface area contributed by atoms with E-state index in [-0.39, 0.29) is 11.9 Å². The molecule has 0 spiro atoms. The smallest absolute Gasteiger partial charge is 0.251 e. The van der Waals surface area contributed by atoms with E-state index in [1.807, 2.05) is 48.3 Å². The first-order chi connectivity index (χ1) is 16.7. The Labute approximate surface area is 208 Å². The van der Waals surface area contributed by atoms with Crippen LogP contribution in [0.2, 0.25) is 0 Å². The normalized spacial score (nSPS) is 16.6. The first-order valence-electron chi connectivity index (χ1n) is 11.7. The van der Waals surface area contributed by atoms with Gasteiger partial charge in [-0.3, -0.25) is 9.78 Å². The molecule has 0 bridgehead atoms. The van der Waals surface area contributed by atoms with Crippen LogP contribution in [0.15, 0.2) is 52.5 Å². The zero-order valence-corrected chi connectivity index (χ0v) is 20.9. The number of carbonyl (C=O) groups excluding carboxylic acids is 1. The van der Waals surface area contributed by atoms with Crippen molar-refractivity contribution in [1.82, 2.24) is 20.2 Å². The predicted molar refractivity (Wildman–Crippen MR) is 139 cm³/mol. The van der Waals surface area contributed by atoms with E-state index in [1.54, 1.807) is 18.9 Å². The van der Waals surface area contributed by atoms with Gasteiger partial charge < -0.3 is 20.3 Å². The number of amides is 1. The minimum atomic E-state index is 0.0284. The number of aromatic nitrogens is 2. The molecule has 2 aliphatic heterocycles. The van der Waals surface area contributed by atoms with Gasteiger partial charge >= 0.3 is 0 Å². The van der Waals surface area contributed by atoms with E-state index < -0.39 is 0 Å². The molecule has 0 aliphatic carbocycles. The molecule has 3 heterocycles. The molecule has 5 rings (SSSR count). The molecular formula is C25H29N5O2S2. The van der Waals surface area contributed by atoms with Crippen LogP contribution < -0.4 is 15.4 Å². The molecule has 0 atom stereocenters. The van der Waals surface area contributed by atoms with Crippen LogP contribution in [0.1, 0.15) is 23.2 Å². The highest BCUT2D eigenvalue weighted by atomic mass is 32.2. The number of nitrogens with zero attached hydrogens (tertiary/aromatic N) is 3. The molecule has 2 aliphatic rings. The summed E-state index contributed by atoms with van der Waals surface area (Å²) in [5, 5.41) is 7.56. The van der Waals surface area contributed by atoms with Gasteiger partial charge in [0.15, 0.2) is 0 Å². The Morgan fingerprint density at radius 2 is 2.12 bits per heavy atom. The number of methoxy groups -OCH3 is 1. The van der Waals surface area contributed by atoms with Crippen molar-refractivity contribution in [2.75, 3.05) is 50.1 Å². The second kappa shape index (κ2) is 10.8. The molecule has 2 aromatic carbocycles. The lowest BCUT2D eigenvalue weighted by atomic mass is 10.0. The molecule has 1 fully saturated rings. The molecule has 7 nitrogen and oxygen atoms in total. The number of carbonyl (C=O) groups is 1. The van der Waals surface area contributed by atoms with E-state index in [0.29, 0.717) is 0 Å². The third-order valence-electron chi connectivity index (χ3n) is 6.22. The Hall–Kier alpha value is -2.49. The lowest BCUT2D eigenvalue weighted by Crippen LogP contribution is -2.45.